The number of hydrogen-bond donors (Lipinski definition) is 1. The van der Waals surface area contributed by atoms with Gasteiger partial charge in [0.2, 0.25) is 12.0 Å². The van der Waals surface area contributed by atoms with Crippen LogP contribution in [0.15, 0.2) is 48.9 Å². The Labute approximate surface area is 169 Å². The molecular weight excluding hydrogens is 366 g/mol. The van der Waals surface area contributed by atoms with Gasteiger partial charge in [-0.15, -0.1) is 0 Å². The molecule has 29 heavy (non-hydrogen) atoms. The van der Waals surface area contributed by atoms with Gasteiger partial charge in [0, 0.05) is 11.5 Å². The molecule has 7 nitrogen and oxygen atoms in total. The van der Waals surface area contributed by atoms with Crippen molar-refractivity contribution in [3.8, 4) is 5.82 Å². The average molecular weight is 389 g/mol. The molecule has 1 saturated carbocycles. The number of hydrogen-bond acceptors (Lipinski definition) is 4. The molecule has 7 heteroatoms. The van der Waals surface area contributed by atoms with Crippen LogP contribution < -0.4 is 10.0 Å². The highest BCUT2D eigenvalue weighted by Gasteiger charge is 2.47. The van der Waals surface area contributed by atoms with Crippen molar-refractivity contribution in [2.75, 3.05) is 0 Å². The van der Waals surface area contributed by atoms with Crippen LogP contribution in [0.5, 0.6) is 0 Å². The zero-order valence-electron chi connectivity index (χ0n) is 16.5. The summed E-state index contributed by atoms with van der Waals surface area (Å²) in [5.41, 5.74) is 2.98. The van der Waals surface area contributed by atoms with Crippen molar-refractivity contribution < 1.29 is 9.52 Å². The number of carbonyl (C=O) groups excluding carboxylic acids is 1. The molecule has 0 bridgehead atoms. The van der Waals surface area contributed by atoms with Gasteiger partial charge in [-0.3, -0.25) is 4.79 Å². The lowest BCUT2D eigenvalue weighted by Gasteiger charge is -2.26. The first kappa shape index (κ1) is 17.8. The Morgan fingerprint density at radius 2 is 2.10 bits per heavy atom. The fraction of sp³-hybridized carbons (Fsp3) is 0.364. The van der Waals surface area contributed by atoms with Crippen LogP contribution in [-0.2, 0) is 12.0 Å². The smallest absolute Gasteiger partial charge is 0.272 e. The first-order valence-electron chi connectivity index (χ1n) is 9.99. The predicted molar refractivity (Wildman–Crippen MR) is 106 cm³/mol. The zero-order valence-corrected chi connectivity index (χ0v) is 16.5. The maximum absolute atomic E-state index is 13.3. The highest BCUT2D eigenvalue weighted by atomic mass is 16.5. The summed E-state index contributed by atoms with van der Waals surface area (Å²) in [6.45, 7) is 3.97. The van der Waals surface area contributed by atoms with E-state index in [1.165, 1.54) is 18.6 Å². The van der Waals surface area contributed by atoms with Crippen LogP contribution in [0.1, 0.15) is 59.9 Å². The molecule has 3 aromatic rings. The molecule has 2 aliphatic rings. The third kappa shape index (κ3) is 3.06. The lowest BCUT2D eigenvalue weighted by Crippen LogP contribution is -2.41. The minimum Gasteiger partial charge on any atom is -0.619 e. The molecule has 1 amide bonds. The van der Waals surface area contributed by atoms with E-state index in [1.54, 1.807) is 4.68 Å². The van der Waals surface area contributed by atoms with E-state index in [0.717, 1.165) is 36.1 Å². The van der Waals surface area contributed by atoms with Crippen LogP contribution in [0.25, 0.3) is 5.82 Å². The molecule has 2 atom stereocenters. The van der Waals surface area contributed by atoms with Gasteiger partial charge in [0.15, 0.2) is 11.9 Å². The molecule has 1 N–H and O–H groups in total. The van der Waals surface area contributed by atoms with Gasteiger partial charge in [0.25, 0.3) is 5.91 Å². The van der Waals surface area contributed by atoms with E-state index < -0.39 is 5.54 Å². The van der Waals surface area contributed by atoms with Crippen molar-refractivity contribution in [1.82, 2.24) is 20.1 Å². The number of benzene rings is 1. The minimum absolute atomic E-state index is 0.195. The Kier molecular flexibility index (Phi) is 3.94. The molecule has 2 heterocycles. The molecule has 1 fully saturated rings. The first-order chi connectivity index (χ1) is 13.9. The van der Waals surface area contributed by atoms with Gasteiger partial charge in [-0.1, -0.05) is 30.3 Å². The normalized spacial score (nSPS) is 19.9. The molecule has 5 rings (SSSR count). The van der Waals surface area contributed by atoms with E-state index in [1.807, 2.05) is 44.2 Å². The largest absolute Gasteiger partial charge is 0.619 e. The highest BCUT2D eigenvalue weighted by molar-refractivity contribution is 5.95. The monoisotopic (exact) mass is 389 g/mol. The Bertz CT molecular complexity index is 1090. The highest BCUT2D eigenvalue weighted by Crippen LogP contribution is 2.55. The van der Waals surface area contributed by atoms with E-state index in [4.69, 9.17) is 0 Å². The van der Waals surface area contributed by atoms with Gasteiger partial charge < -0.3 is 10.5 Å². The third-order valence-electron chi connectivity index (χ3n) is 6.08. The maximum Gasteiger partial charge on any atom is 0.272 e. The van der Waals surface area contributed by atoms with E-state index >= 15 is 0 Å². The standard InChI is InChI=1S/C22H23N5O2/c1-22(2,15-6-4-3-5-7-15)24-21(28)19-16-9-8-14-12-17(14)20(16)27(25-19)18-13-26(29)11-10-23-18/h3-7,10-11,13-14,17H,8-9,12H2,1-2H3,(H,24,28)/t14-,17+/m1/s1. The summed E-state index contributed by atoms with van der Waals surface area (Å²) in [6.07, 6.45) is 7.22. The average Bonchev–Trinajstić information content (AvgIpc) is 3.40. The number of nitrogens with zero attached hydrogens (tertiary/aromatic N) is 4. The Morgan fingerprint density at radius 3 is 2.86 bits per heavy atom. The molecule has 0 spiro atoms. The molecule has 0 unspecified atom stereocenters. The summed E-state index contributed by atoms with van der Waals surface area (Å²) in [6, 6.07) is 9.90. The van der Waals surface area contributed by atoms with Gasteiger partial charge in [-0.25, -0.2) is 9.67 Å². The summed E-state index contributed by atoms with van der Waals surface area (Å²) in [7, 11) is 0. The van der Waals surface area contributed by atoms with E-state index in [0.29, 0.717) is 28.1 Å². The molecule has 148 valence electrons. The zero-order chi connectivity index (χ0) is 20.2. The van der Waals surface area contributed by atoms with Crippen LogP contribution in [0.4, 0.5) is 0 Å². The molecule has 0 aliphatic heterocycles. The maximum atomic E-state index is 13.3. The molecule has 0 saturated heterocycles. The van der Waals surface area contributed by atoms with E-state index in [9.17, 15) is 10.0 Å². The van der Waals surface area contributed by atoms with Gasteiger partial charge in [0.1, 0.15) is 0 Å². The summed E-state index contributed by atoms with van der Waals surface area (Å²) in [4.78, 5) is 17.6. The molecule has 0 radical (unpaired) electrons. The van der Waals surface area contributed by atoms with E-state index in [-0.39, 0.29) is 5.91 Å². The number of carbonyl (C=O) groups is 1. The molecule has 1 aromatic carbocycles. The van der Waals surface area contributed by atoms with Crippen molar-refractivity contribution in [3.05, 3.63) is 76.6 Å². The first-order valence-corrected chi connectivity index (χ1v) is 9.99. The second-order valence-electron chi connectivity index (χ2n) is 8.48. The number of fused-ring (bicyclic) bond motifs is 3. The number of aromatic nitrogens is 4. The molecule has 2 aliphatic carbocycles. The Balaban J connectivity index is 1.54. The molecular formula is C22H23N5O2. The lowest BCUT2D eigenvalue weighted by molar-refractivity contribution is -0.605. The molecule has 2 aromatic heterocycles. The number of nitrogens with one attached hydrogen (secondary N) is 1. The second-order valence-corrected chi connectivity index (χ2v) is 8.48. The van der Waals surface area contributed by atoms with Crippen LogP contribution in [0, 0.1) is 11.1 Å². The van der Waals surface area contributed by atoms with E-state index in [2.05, 4.69) is 15.4 Å². The van der Waals surface area contributed by atoms with Crippen LogP contribution in [0.2, 0.25) is 0 Å². The quantitative estimate of drug-likeness (QED) is 0.549. The topological polar surface area (TPSA) is 86.8 Å². The van der Waals surface area contributed by atoms with Crippen molar-refractivity contribution in [2.45, 2.75) is 44.6 Å². The fourth-order valence-corrected chi connectivity index (χ4v) is 4.42. The Hall–Kier alpha value is -3.22. The van der Waals surface area contributed by atoms with Crippen molar-refractivity contribution in [2.24, 2.45) is 5.92 Å². The summed E-state index contributed by atoms with van der Waals surface area (Å²) in [5.74, 6) is 1.31. The summed E-state index contributed by atoms with van der Waals surface area (Å²) in [5, 5.41) is 19.6. The third-order valence-corrected chi connectivity index (χ3v) is 6.08. The summed E-state index contributed by atoms with van der Waals surface area (Å²) >= 11 is 0. The van der Waals surface area contributed by atoms with Gasteiger partial charge in [-0.2, -0.15) is 9.83 Å². The Morgan fingerprint density at radius 1 is 1.31 bits per heavy atom. The minimum atomic E-state index is -0.533. The predicted octanol–water partition coefficient (Wildman–Crippen LogP) is 2.62. The number of amides is 1. The van der Waals surface area contributed by atoms with Gasteiger partial charge in [0.05, 0.1) is 17.4 Å². The van der Waals surface area contributed by atoms with Crippen LogP contribution >= 0.6 is 0 Å². The van der Waals surface area contributed by atoms with Crippen LogP contribution in [0.3, 0.4) is 0 Å². The van der Waals surface area contributed by atoms with Crippen molar-refractivity contribution >= 4 is 5.91 Å². The second kappa shape index (κ2) is 6.40. The van der Waals surface area contributed by atoms with Gasteiger partial charge >= 0.3 is 0 Å². The van der Waals surface area contributed by atoms with Crippen molar-refractivity contribution in [3.63, 3.8) is 0 Å². The number of rotatable bonds is 4. The van der Waals surface area contributed by atoms with Crippen LogP contribution in [-0.4, -0.2) is 20.7 Å². The van der Waals surface area contributed by atoms with Crippen molar-refractivity contribution in [1.29, 1.82) is 0 Å². The SMILES string of the molecule is CC(C)(NC(=O)c1nn(-c2c[n+]([O-])ccn2)c2c1CC[C@@H]1C[C@H]21)c1ccccc1. The fourth-order valence-electron chi connectivity index (χ4n) is 4.42. The summed E-state index contributed by atoms with van der Waals surface area (Å²) < 4.78 is 2.42. The lowest BCUT2D eigenvalue weighted by atomic mass is 9.92. The van der Waals surface area contributed by atoms with Gasteiger partial charge in [-0.05, 0) is 44.6 Å².